The van der Waals surface area contributed by atoms with Crippen LogP contribution in [0, 0.1) is 5.92 Å². The van der Waals surface area contributed by atoms with E-state index < -0.39 is 19.9 Å². The van der Waals surface area contributed by atoms with Crippen molar-refractivity contribution in [3.05, 3.63) is 29.8 Å². The highest BCUT2D eigenvalue weighted by atomic mass is 35.5. The van der Waals surface area contributed by atoms with E-state index in [4.69, 9.17) is 0 Å². The van der Waals surface area contributed by atoms with Gasteiger partial charge in [-0.15, -0.1) is 12.4 Å². The SMILES string of the molecule is CS(=O)(=O)Cc1ccc(S(=O)(=O)NCCC2CCCNC2)cc1.Cl. The Hall–Kier alpha value is -0.670. The lowest BCUT2D eigenvalue weighted by atomic mass is 9.96. The molecule has 1 fully saturated rings. The zero-order valence-electron chi connectivity index (χ0n) is 13.7. The fraction of sp³-hybridized carbons (Fsp3) is 0.600. The molecule has 1 saturated heterocycles. The van der Waals surface area contributed by atoms with Gasteiger partial charge in [-0.2, -0.15) is 0 Å². The van der Waals surface area contributed by atoms with Gasteiger partial charge in [0.05, 0.1) is 10.6 Å². The number of sulfone groups is 1. The molecule has 0 saturated carbocycles. The summed E-state index contributed by atoms with van der Waals surface area (Å²) in [7, 11) is -6.66. The van der Waals surface area contributed by atoms with Gasteiger partial charge in [-0.05, 0) is 56.0 Å². The largest absolute Gasteiger partial charge is 0.316 e. The van der Waals surface area contributed by atoms with Gasteiger partial charge in [0.25, 0.3) is 0 Å². The summed E-state index contributed by atoms with van der Waals surface area (Å²) in [6.45, 7) is 2.41. The maximum atomic E-state index is 12.2. The average molecular weight is 397 g/mol. The van der Waals surface area contributed by atoms with Crippen LogP contribution in [-0.4, -0.2) is 42.7 Å². The molecule has 24 heavy (non-hydrogen) atoms. The second kappa shape index (κ2) is 9.15. The molecule has 1 atom stereocenters. The van der Waals surface area contributed by atoms with Crippen molar-refractivity contribution < 1.29 is 16.8 Å². The molecular formula is C15H25ClN2O4S2. The summed E-state index contributed by atoms with van der Waals surface area (Å²) in [4.78, 5) is 0.163. The first-order chi connectivity index (χ1) is 10.8. The third-order valence-electron chi connectivity index (χ3n) is 3.91. The summed E-state index contributed by atoms with van der Waals surface area (Å²) in [6, 6.07) is 5.98. The summed E-state index contributed by atoms with van der Waals surface area (Å²) in [5.41, 5.74) is 0.583. The van der Waals surface area contributed by atoms with Crippen molar-refractivity contribution in [2.24, 2.45) is 5.92 Å². The number of hydrogen-bond donors (Lipinski definition) is 2. The molecule has 0 amide bonds. The average Bonchev–Trinajstić information content (AvgIpc) is 2.47. The molecule has 1 aromatic rings. The van der Waals surface area contributed by atoms with E-state index in [1.807, 2.05) is 0 Å². The Balaban J connectivity index is 0.00000288. The van der Waals surface area contributed by atoms with E-state index in [-0.39, 0.29) is 23.1 Å². The Bertz CT molecular complexity index is 712. The summed E-state index contributed by atoms with van der Waals surface area (Å²) in [5, 5.41) is 3.31. The minimum Gasteiger partial charge on any atom is -0.316 e. The fourth-order valence-corrected chi connectivity index (χ4v) is 4.56. The molecule has 0 spiro atoms. The summed E-state index contributed by atoms with van der Waals surface area (Å²) < 4.78 is 49.5. The van der Waals surface area contributed by atoms with E-state index >= 15 is 0 Å². The van der Waals surface area contributed by atoms with Gasteiger partial charge in [-0.3, -0.25) is 0 Å². The van der Waals surface area contributed by atoms with E-state index in [2.05, 4.69) is 10.0 Å². The minimum absolute atomic E-state index is 0. The Morgan fingerprint density at radius 2 is 1.83 bits per heavy atom. The number of benzene rings is 1. The van der Waals surface area contributed by atoms with Gasteiger partial charge in [-0.1, -0.05) is 12.1 Å². The lowest BCUT2D eigenvalue weighted by molar-refractivity contribution is 0.358. The van der Waals surface area contributed by atoms with Crippen molar-refractivity contribution in [1.29, 1.82) is 0 Å². The molecule has 138 valence electrons. The normalized spacial score (nSPS) is 18.8. The minimum atomic E-state index is -3.54. The molecule has 9 heteroatoms. The van der Waals surface area contributed by atoms with Crippen molar-refractivity contribution in [3.63, 3.8) is 0 Å². The van der Waals surface area contributed by atoms with Gasteiger partial charge in [0.15, 0.2) is 9.84 Å². The highest BCUT2D eigenvalue weighted by Gasteiger charge is 2.17. The summed E-state index contributed by atoms with van der Waals surface area (Å²) in [5.74, 6) is 0.429. The lowest BCUT2D eigenvalue weighted by Gasteiger charge is -2.22. The first-order valence-electron chi connectivity index (χ1n) is 7.73. The van der Waals surface area contributed by atoms with E-state index in [0.29, 0.717) is 18.0 Å². The summed E-state index contributed by atoms with van der Waals surface area (Å²) >= 11 is 0. The van der Waals surface area contributed by atoms with Crippen LogP contribution in [0.2, 0.25) is 0 Å². The molecule has 6 nitrogen and oxygen atoms in total. The van der Waals surface area contributed by atoms with Gasteiger partial charge in [0.2, 0.25) is 10.0 Å². The number of hydrogen-bond acceptors (Lipinski definition) is 5. The van der Waals surface area contributed by atoms with Crippen molar-refractivity contribution in [2.45, 2.75) is 29.9 Å². The molecule has 2 N–H and O–H groups in total. The van der Waals surface area contributed by atoms with Crippen LogP contribution in [-0.2, 0) is 25.6 Å². The van der Waals surface area contributed by atoms with Crippen LogP contribution in [0.25, 0.3) is 0 Å². The van der Waals surface area contributed by atoms with Crippen molar-refractivity contribution in [3.8, 4) is 0 Å². The van der Waals surface area contributed by atoms with Crippen LogP contribution < -0.4 is 10.0 Å². The van der Waals surface area contributed by atoms with Gasteiger partial charge in [-0.25, -0.2) is 21.6 Å². The zero-order chi connectivity index (χ0) is 16.9. The first kappa shape index (κ1) is 21.4. The van der Waals surface area contributed by atoms with Crippen LogP contribution in [0.4, 0.5) is 0 Å². The predicted octanol–water partition coefficient (Wildman–Crippen LogP) is 1.32. The van der Waals surface area contributed by atoms with Gasteiger partial charge in [0.1, 0.15) is 0 Å². The first-order valence-corrected chi connectivity index (χ1v) is 11.3. The van der Waals surface area contributed by atoms with E-state index in [1.54, 1.807) is 12.1 Å². The summed E-state index contributed by atoms with van der Waals surface area (Å²) in [6.07, 6.45) is 4.24. The number of nitrogens with one attached hydrogen (secondary N) is 2. The highest BCUT2D eigenvalue weighted by Crippen LogP contribution is 2.15. The number of sulfonamides is 1. The number of rotatable bonds is 7. The third-order valence-corrected chi connectivity index (χ3v) is 6.24. The van der Waals surface area contributed by atoms with Crippen LogP contribution in [0.15, 0.2) is 29.2 Å². The molecule has 0 aromatic heterocycles. The van der Waals surface area contributed by atoms with Crippen LogP contribution >= 0.6 is 12.4 Å². The fourth-order valence-electron chi connectivity index (χ4n) is 2.72. The van der Waals surface area contributed by atoms with Crippen LogP contribution in [0.3, 0.4) is 0 Å². The molecule has 1 aliphatic rings. The quantitative estimate of drug-likeness (QED) is 0.725. The number of piperidine rings is 1. The molecule has 1 heterocycles. The maximum absolute atomic E-state index is 12.2. The highest BCUT2D eigenvalue weighted by molar-refractivity contribution is 7.90. The smallest absolute Gasteiger partial charge is 0.240 e. The van der Waals surface area contributed by atoms with Gasteiger partial charge < -0.3 is 5.32 Å². The molecule has 0 radical (unpaired) electrons. The van der Waals surface area contributed by atoms with Crippen LogP contribution in [0.1, 0.15) is 24.8 Å². The monoisotopic (exact) mass is 396 g/mol. The standard InChI is InChI=1S/C15H24N2O4S2.ClH/c1-22(18,19)12-14-4-6-15(7-5-14)23(20,21)17-10-8-13-3-2-9-16-11-13;/h4-7,13,16-17H,2-3,8-12H2,1H3;1H. The molecule has 0 aliphatic carbocycles. The molecule has 1 aromatic carbocycles. The third kappa shape index (κ3) is 7.06. The molecular weight excluding hydrogens is 372 g/mol. The van der Waals surface area contributed by atoms with Crippen molar-refractivity contribution in [2.75, 3.05) is 25.9 Å². The second-order valence-corrected chi connectivity index (χ2v) is 10.0. The van der Waals surface area contributed by atoms with E-state index in [1.165, 1.54) is 12.1 Å². The van der Waals surface area contributed by atoms with Crippen LogP contribution in [0.5, 0.6) is 0 Å². The van der Waals surface area contributed by atoms with Gasteiger partial charge in [0, 0.05) is 12.8 Å². The lowest BCUT2D eigenvalue weighted by Crippen LogP contribution is -2.33. The van der Waals surface area contributed by atoms with Crippen molar-refractivity contribution in [1.82, 2.24) is 10.0 Å². The Kier molecular flexibility index (Phi) is 8.14. The molecule has 1 unspecified atom stereocenters. The predicted molar refractivity (Wildman–Crippen MR) is 97.6 cm³/mol. The maximum Gasteiger partial charge on any atom is 0.240 e. The molecule has 2 rings (SSSR count). The van der Waals surface area contributed by atoms with Crippen molar-refractivity contribution >= 4 is 32.3 Å². The topological polar surface area (TPSA) is 92.3 Å². The van der Waals surface area contributed by atoms with E-state index in [9.17, 15) is 16.8 Å². The van der Waals surface area contributed by atoms with E-state index in [0.717, 1.165) is 38.6 Å². The number of halogens is 1. The Morgan fingerprint density at radius 3 is 2.38 bits per heavy atom. The zero-order valence-corrected chi connectivity index (χ0v) is 16.1. The molecule has 0 bridgehead atoms. The molecule has 1 aliphatic heterocycles. The van der Waals surface area contributed by atoms with Gasteiger partial charge >= 0.3 is 0 Å². The second-order valence-electron chi connectivity index (χ2n) is 6.11. The Morgan fingerprint density at radius 1 is 1.17 bits per heavy atom. The Labute approximate surface area is 150 Å².